The number of nitrogens with one attached hydrogen (secondary N) is 1. The smallest absolute Gasteiger partial charge is 0.178 e. The first-order valence-electron chi connectivity index (χ1n) is 11.1. The molecular weight excluding hydrogens is 420 g/mol. The number of rotatable bonds is 7. The quantitative estimate of drug-likeness (QED) is 0.228. The topological polar surface area (TPSA) is 62.8 Å². The van der Waals surface area contributed by atoms with E-state index in [1.807, 2.05) is 97.1 Å². The molecule has 0 spiro atoms. The Morgan fingerprint density at radius 1 is 0.559 bits per heavy atom. The van der Waals surface area contributed by atoms with Gasteiger partial charge in [0.1, 0.15) is 5.92 Å². The van der Waals surface area contributed by atoms with Gasteiger partial charge in [0, 0.05) is 22.3 Å². The van der Waals surface area contributed by atoms with Crippen molar-refractivity contribution in [3.8, 4) is 22.5 Å². The Balaban J connectivity index is 1.77. The standard InChI is InChI=1S/C30H22N2O2/c33-29(23-17-9-3-10-18-23)26(30(34)24-19-11-4-12-20-24)25-27(21-13-5-1-6-14-21)31-32-28(25)22-15-7-2-8-16-22/h1-20,26H,(H,31,32). The summed E-state index contributed by atoms with van der Waals surface area (Å²) >= 11 is 0. The van der Waals surface area contributed by atoms with E-state index >= 15 is 0 Å². The van der Waals surface area contributed by atoms with Crippen molar-refractivity contribution in [2.45, 2.75) is 5.92 Å². The number of hydrogen-bond donors (Lipinski definition) is 1. The second-order valence-corrected chi connectivity index (χ2v) is 7.99. The first kappa shape index (κ1) is 21.3. The van der Waals surface area contributed by atoms with E-state index in [9.17, 15) is 9.59 Å². The molecular formula is C30H22N2O2. The molecule has 0 atom stereocenters. The number of carbonyl (C=O) groups is 2. The van der Waals surface area contributed by atoms with Crippen molar-refractivity contribution in [1.82, 2.24) is 10.2 Å². The first-order valence-corrected chi connectivity index (χ1v) is 11.1. The molecule has 0 unspecified atom stereocenters. The predicted octanol–water partition coefficient (Wildman–Crippen LogP) is 6.59. The number of ketones is 2. The first-order chi connectivity index (χ1) is 16.7. The molecule has 34 heavy (non-hydrogen) atoms. The van der Waals surface area contributed by atoms with E-state index in [2.05, 4.69) is 10.2 Å². The fourth-order valence-electron chi connectivity index (χ4n) is 4.19. The Kier molecular flexibility index (Phi) is 5.95. The van der Waals surface area contributed by atoms with Gasteiger partial charge in [-0.2, -0.15) is 5.10 Å². The van der Waals surface area contributed by atoms with Crippen molar-refractivity contribution < 1.29 is 9.59 Å². The number of hydrogen-bond acceptors (Lipinski definition) is 3. The van der Waals surface area contributed by atoms with Crippen LogP contribution in [0.3, 0.4) is 0 Å². The third kappa shape index (κ3) is 4.09. The SMILES string of the molecule is O=C(c1ccccc1)C(C(=O)c1ccccc1)c1c(-c2ccccc2)n[nH]c1-c1ccccc1. The lowest BCUT2D eigenvalue weighted by Crippen LogP contribution is -2.23. The summed E-state index contributed by atoms with van der Waals surface area (Å²) in [5.41, 5.74) is 4.50. The van der Waals surface area contributed by atoms with Crippen molar-refractivity contribution >= 4 is 11.6 Å². The maximum absolute atomic E-state index is 14.0. The molecule has 4 heteroatoms. The molecule has 164 valence electrons. The van der Waals surface area contributed by atoms with Crippen molar-refractivity contribution in [3.63, 3.8) is 0 Å². The summed E-state index contributed by atoms with van der Waals surface area (Å²) in [6.45, 7) is 0. The average molecular weight is 443 g/mol. The zero-order chi connectivity index (χ0) is 23.3. The maximum Gasteiger partial charge on any atom is 0.178 e. The molecule has 0 fully saturated rings. The minimum Gasteiger partial charge on any atom is -0.293 e. The van der Waals surface area contributed by atoms with Crippen LogP contribution in [0.25, 0.3) is 22.5 Å². The van der Waals surface area contributed by atoms with E-state index in [4.69, 9.17) is 0 Å². The van der Waals surface area contributed by atoms with Crippen LogP contribution in [0.5, 0.6) is 0 Å². The minimum absolute atomic E-state index is 0.259. The number of aromatic nitrogens is 2. The molecule has 5 rings (SSSR count). The number of Topliss-reactive ketones (excluding diaryl/α,β-unsaturated/α-hetero) is 2. The highest BCUT2D eigenvalue weighted by Gasteiger charge is 2.36. The Hall–Kier alpha value is -4.57. The summed E-state index contributed by atoms with van der Waals surface area (Å²) < 4.78 is 0. The van der Waals surface area contributed by atoms with Crippen molar-refractivity contribution in [1.29, 1.82) is 0 Å². The van der Waals surface area contributed by atoms with Crippen LogP contribution in [0.2, 0.25) is 0 Å². The molecule has 0 bridgehead atoms. The van der Waals surface area contributed by atoms with Gasteiger partial charge in [-0.1, -0.05) is 121 Å². The normalized spacial score (nSPS) is 10.9. The van der Waals surface area contributed by atoms with E-state index in [1.165, 1.54) is 0 Å². The van der Waals surface area contributed by atoms with E-state index < -0.39 is 5.92 Å². The molecule has 0 saturated heterocycles. The highest BCUT2D eigenvalue weighted by Crippen LogP contribution is 2.38. The summed E-state index contributed by atoms with van der Waals surface area (Å²) in [5, 5.41) is 7.73. The summed E-state index contributed by atoms with van der Waals surface area (Å²) in [5.74, 6) is -1.58. The number of benzene rings is 4. The van der Waals surface area contributed by atoms with Crippen LogP contribution in [0.1, 0.15) is 32.2 Å². The van der Waals surface area contributed by atoms with Crippen molar-refractivity contribution in [2.75, 3.05) is 0 Å². The lowest BCUT2D eigenvalue weighted by Gasteiger charge is -2.18. The van der Waals surface area contributed by atoms with Crippen molar-refractivity contribution in [2.24, 2.45) is 0 Å². The molecule has 5 aromatic rings. The largest absolute Gasteiger partial charge is 0.293 e. The highest BCUT2D eigenvalue weighted by atomic mass is 16.2. The highest BCUT2D eigenvalue weighted by molar-refractivity contribution is 6.21. The number of carbonyl (C=O) groups excluding carboxylic acids is 2. The van der Waals surface area contributed by atoms with Gasteiger partial charge < -0.3 is 0 Å². The molecule has 1 aromatic heterocycles. The van der Waals surface area contributed by atoms with Gasteiger partial charge >= 0.3 is 0 Å². The molecule has 0 aliphatic rings. The van der Waals surface area contributed by atoms with Gasteiger partial charge in [0.15, 0.2) is 11.6 Å². The van der Waals surface area contributed by atoms with Gasteiger partial charge in [0.05, 0.1) is 11.4 Å². The van der Waals surface area contributed by atoms with Gasteiger partial charge in [-0.3, -0.25) is 14.7 Å². The van der Waals surface area contributed by atoms with Crippen LogP contribution in [-0.2, 0) is 0 Å². The fourth-order valence-corrected chi connectivity index (χ4v) is 4.19. The molecule has 0 saturated carbocycles. The second-order valence-electron chi connectivity index (χ2n) is 7.99. The summed E-state index contributed by atoms with van der Waals surface area (Å²) in [6, 6.07) is 37.2. The minimum atomic E-state index is -1.06. The number of aromatic amines is 1. The summed E-state index contributed by atoms with van der Waals surface area (Å²) in [7, 11) is 0. The van der Waals surface area contributed by atoms with E-state index in [1.54, 1.807) is 24.3 Å². The maximum atomic E-state index is 14.0. The van der Waals surface area contributed by atoms with Crippen LogP contribution in [0, 0.1) is 0 Å². The van der Waals surface area contributed by atoms with Crippen LogP contribution in [0.4, 0.5) is 0 Å². The Morgan fingerprint density at radius 3 is 1.44 bits per heavy atom. The number of H-pyrrole nitrogens is 1. The Morgan fingerprint density at radius 2 is 0.971 bits per heavy atom. The lowest BCUT2D eigenvalue weighted by atomic mass is 9.81. The van der Waals surface area contributed by atoms with Gasteiger partial charge in [-0.25, -0.2) is 0 Å². The van der Waals surface area contributed by atoms with Crippen molar-refractivity contribution in [3.05, 3.63) is 138 Å². The molecule has 0 aliphatic heterocycles. The van der Waals surface area contributed by atoms with E-state index in [-0.39, 0.29) is 11.6 Å². The third-order valence-electron chi connectivity index (χ3n) is 5.84. The molecule has 0 radical (unpaired) electrons. The fraction of sp³-hybridized carbons (Fsp3) is 0.0333. The average Bonchev–Trinajstić information content (AvgIpc) is 3.35. The third-order valence-corrected chi connectivity index (χ3v) is 5.84. The van der Waals surface area contributed by atoms with E-state index in [0.29, 0.717) is 28.1 Å². The zero-order valence-corrected chi connectivity index (χ0v) is 18.4. The monoisotopic (exact) mass is 442 g/mol. The lowest BCUT2D eigenvalue weighted by molar-refractivity contribution is 0.0860. The van der Waals surface area contributed by atoms with Crippen LogP contribution in [-0.4, -0.2) is 21.8 Å². The molecule has 1 N–H and O–H groups in total. The van der Waals surface area contributed by atoms with Crippen LogP contribution >= 0.6 is 0 Å². The zero-order valence-electron chi connectivity index (χ0n) is 18.4. The molecule has 4 nitrogen and oxygen atoms in total. The molecule has 4 aromatic carbocycles. The Labute approximate surface area is 197 Å². The van der Waals surface area contributed by atoms with Gasteiger partial charge in [-0.05, 0) is 5.56 Å². The van der Waals surface area contributed by atoms with Gasteiger partial charge in [0.25, 0.3) is 0 Å². The molecule has 0 amide bonds. The summed E-state index contributed by atoms with van der Waals surface area (Å²) in [6.07, 6.45) is 0. The van der Waals surface area contributed by atoms with E-state index in [0.717, 1.165) is 11.1 Å². The molecule has 1 heterocycles. The Bertz CT molecular complexity index is 1300. The molecule has 0 aliphatic carbocycles. The van der Waals surface area contributed by atoms with Gasteiger partial charge in [-0.15, -0.1) is 0 Å². The summed E-state index contributed by atoms with van der Waals surface area (Å²) in [4.78, 5) is 27.9. The second kappa shape index (κ2) is 9.51. The van der Waals surface area contributed by atoms with Crippen LogP contribution in [0.15, 0.2) is 121 Å². The van der Waals surface area contributed by atoms with Crippen LogP contribution < -0.4 is 0 Å². The van der Waals surface area contributed by atoms with Gasteiger partial charge in [0.2, 0.25) is 0 Å². The predicted molar refractivity (Wildman–Crippen MR) is 134 cm³/mol. The number of nitrogens with zero attached hydrogens (tertiary/aromatic N) is 1.